The van der Waals surface area contributed by atoms with Gasteiger partial charge in [-0.2, -0.15) is 0 Å². The van der Waals surface area contributed by atoms with Gasteiger partial charge in [-0.05, 0) is 37.8 Å². The van der Waals surface area contributed by atoms with Gasteiger partial charge in [-0.3, -0.25) is 4.90 Å². The Bertz CT molecular complexity index is 458. The molecule has 0 radical (unpaired) electrons. The molecule has 19 heavy (non-hydrogen) atoms. The molecule has 1 aromatic rings. The topological polar surface area (TPSA) is 61.8 Å². The van der Waals surface area contributed by atoms with E-state index in [1.165, 1.54) is 24.8 Å². The standard InChI is InChI=1S/C15H23N3O/c1-3-14-8-7-11(2)18(14)10-12-5-4-6-13(9-12)15(16)17-19/h4-6,9,11,14,19H,3,7-8,10H2,1-2H3,(H2,16,17). The minimum Gasteiger partial charge on any atom is -0.409 e. The molecule has 1 aromatic carbocycles. The van der Waals surface area contributed by atoms with Crippen molar-refractivity contribution in [3.63, 3.8) is 0 Å². The average Bonchev–Trinajstić information content (AvgIpc) is 2.79. The first-order valence-electron chi connectivity index (χ1n) is 6.98. The van der Waals surface area contributed by atoms with Gasteiger partial charge in [0.05, 0.1) is 0 Å². The summed E-state index contributed by atoms with van der Waals surface area (Å²) in [5.74, 6) is 0.170. The first kappa shape index (κ1) is 13.9. The number of benzene rings is 1. The second-order valence-electron chi connectivity index (χ2n) is 5.35. The Kier molecular flexibility index (Phi) is 4.43. The van der Waals surface area contributed by atoms with E-state index in [0.29, 0.717) is 12.1 Å². The number of likely N-dealkylation sites (tertiary alicyclic amines) is 1. The molecule has 3 N–H and O–H groups in total. The summed E-state index contributed by atoms with van der Waals surface area (Å²) in [5.41, 5.74) is 7.63. The van der Waals surface area contributed by atoms with Crippen molar-refractivity contribution in [3.8, 4) is 0 Å². The Morgan fingerprint density at radius 1 is 1.47 bits per heavy atom. The maximum atomic E-state index is 8.74. The molecule has 0 saturated carbocycles. The van der Waals surface area contributed by atoms with Gasteiger partial charge < -0.3 is 10.9 Å². The number of amidine groups is 1. The van der Waals surface area contributed by atoms with Gasteiger partial charge in [-0.1, -0.05) is 30.3 Å². The minimum atomic E-state index is 0.170. The fraction of sp³-hybridized carbons (Fsp3) is 0.533. The summed E-state index contributed by atoms with van der Waals surface area (Å²) in [6, 6.07) is 9.26. The van der Waals surface area contributed by atoms with Crippen LogP contribution in [0.4, 0.5) is 0 Å². The van der Waals surface area contributed by atoms with E-state index in [2.05, 4.69) is 30.0 Å². The zero-order valence-electron chi connectivity index (χ0n) is 11.7. The van der Waals surface area contributed by atoms with E-state index in [-0.39, 0.29) is 5.84 Å². The minimum absolute atomic E-state index is 0.170. The normalized spacial score (nSPS) is 24.8. The van der Waals surface area contributed by atoms with Gasteiger partial charge in [0.15, 0.2) is 5.84 Å². The van der Waals surface area contributed by atoms with E-state index in [1.807, 2.05) is 18.2 Å². The van der Waals surface area contributed by atoms with Gasteiger partial charge in [0.1, 0.15) is 0 Å². The zero-order chi connectivity index (χ0) is 13.8. The van der Waals surface area contributed by atoms with E-state index < -0.39 is 0 Å². The highest BCUT2D eigenvalue weighted by Crippen LogP contribution is 2.27. The van der Waals surface area contributed by atoms with Crippen molar-refractivity contribution in [1.29, 1.82) is 0 Å². The molecule has 0 aromatic heterocycles. The van der Waals surface area contributed by atoms with Crippen molar-refractivity contribution < 1.29 is 5.21 Å². The Hall–Kier alpha value is -1.55. The molecule has 0 amide bonds. The van der Waals surface area contributed by atoms with Gasteiger partial charge in [0.25, 0.3) is 0 Å². The third-order valence-corrected chi connectivity index (χ3v) is 4.12. The fourth-order valence-electron chi connectivity index (χ4n) is 2.95. The molecule has 1 aliphatic rings. The third-order valence-electron chi connectivity index (χ3n) is 4.12. The Balaban J connectivity index is 2.14. The Labute approximate surface area is 114 Å². The van der Waals surface area contributed by atoms with Gasteiger partial charge in [0.2, 0.25) is 0 Å². The van der Waals surface area contributed by atoms with Crippen molar-refractivity contribution in [1.82, 2.24) is 4.90 Å². The van der Waals surface area contributed by atoms with Crippen LogP contribution in [0.25, 0.3) is 0 Å². The maximum absolute atomic E-state index is 8.74. The van der Waals surface area contributed by atoms with Gasteiger partial charge in [0, 0.05) is 24.2 Å². The molecule has 2 rings (SSSR count). The number of nitrogens with zero attached hydrogens (tertiary/aromatic N) is 2. The van der Waals surface area contributed by atoms with E-state index in [4.69, 9.17) is 10.9 Å². The third kappa shape index (κ3) is 3.07. The second-order valence-corrected chi connectivity index (χ2v) is 5.35. The van der Waals surface area contributed by atoms with Gasteiger partial charge >= 0.3 is 0 Å². The predicted octanol–water partition coefficient (Wildman–Crippen LogP) is 2.54. The molecule has 1 saturated heterocycles. The van der Waals surface area contributed by atoms with Crippen LogP contribution >= 0.6 is 0 Å². The van der Waals surface area contributed by atoms with Crippen LogP contribution in [0.3, 0.4) is 0 Å². The number of oxime groups is 1. The molecular formula is C15H23N3O. The van der Waals surface area contributed by atoms with Crippen molar-refractivity contribution >= 4 is 5.84 Å². The fourth-order valence-corrected chi connectivity index (χ4v) is 2.95. The number of nitrogens with two attached hydrogens (primary N) is 1. The molecule has 2 atom stereocenters. The molecule has 1 heterocycles. The van der Waals surface area contributed by atoms with Crippen LogP contribution in [0.5, 0.6) is 0 Å². The van der Waals surface area contributed by atoms with Crippen molar-refractivity contribution in [2.75, 3.05) is 0 Å². The highest BCUT2D eigenvalue weighted by atomic mass is 16.4. The van der Waals surface area contributed by atoms with E-state index in [9.17, 15) is 0 Å². The lowest BCUT2D eigenvalue weighted by molar-refractivity contribution is 0.189. The lowest BCUT2D eigenvalue weighted by Gasteiger charge is -2.27. The second kappa shape index (κ2) is 6.06. The summed E-state index contributed by atoms with van der Waals surface area (Å²) in [5, 5.41) is 11.8. The molecule has 1 aliphatic heterocycles. The smallest absolute Gasteiger partial charge is 0.170 e. The quantitative estimate of drug-likeness (QED) is 0.379. The first-order chi connectivity index (χ1) is 9.15. The lowest BCUT2D eigenvalue weighted by atomic mass is 10.1. The molecule has 4 heteroatoms. The van der Waals surface area contributed by atoms with Crippen molar-refractivity contribution in [2.45, 2.75) is 51.7 Å². The summed E-state index contributed by atoms with van der Waals surface area (Å²) in [7, 11) is 0. The van der Waals surface area contributed by atoms with Crippen LogP contribution in [0.15, 0.2) is 29.4 Å². The number of hydrogen-bond donors (Lipinski definition) is 2. The molecular weight excluding hydrogens is 238 g/mol. The van der Waals surface area contributed by atoms with Crippen LogP contribution < -0.4 is 5.73 Å². The van der Waals surface area contributed by atoms with Crippen molar-refractivity contribution in [2.24, 2.45) is 10.9 Å². The summed E-state index contributed by atoms with van der Waals surface area (Å²) in [6.07, 6.45) is 3.76. The summed E-state index contributed by atoms with van der Waals surface area (Å²) in [4.78, 5) is 2.56. The summed E-state index contributed by atoms with van der Waals surface area (Å²) >= 11 is 0. The molecule has 104 valence electrons. The lowest BCUT2D eigenvalue weighted by Crippen LogP contribution is -2.33. The van der Waals surface area contributed by atoms with E-state index in [0.717, 1.165) is 12.1 Å². The molecule has 1 fully saturated rings. The predicted molar refractivity (Wildman–Crippen MR) is 77.3 cm³/mol. The molecule has 4 nitrogen and oxygen atoms in total. The Morgan fingerprint density at radius 3 is 2.95 bits per heavy atom. The average molecular weight is 261 g/mol. The van der Waals surface area contributed by atoms with Gasteiger partial charge in [-0.15, -0.1) is 0 Å². The van der Waals surface area contributed by atoms with E-state index >= 15 is 0 Å². The summed E-state index contributed by atoms with van der Waals surface area (Å²) < 4.78 is 0. The number of rotatable bonds is 4. The molecule has 0 bridgehead atoms. The molecule has 0 aliphatic carbocycles. The van der Waals surface area contributed by atoms with Crippen LogP contribution in [0, 0.1) is 0 Å². The maximum Gasteiger partial charge on any atom is 0.170 e. The van der Waals surface area contributed by atoms with Crippen LogP contribution in [-0.2, 0) is 6.54 Å². The number of hydrogen-bond acceptors (Lipinski definition) is 3. The first-order valence-corrected chi connectivity index (χ1v) is 6.98. The molecule has 2 unspecified atom stereocenters. The SMILES string of the molecule is CCC1CCC(C)N1Cc1cccc(/C(N)=N/O)c1. The Morgan fingerprint density at radius 2 is 2.26 bits per heavy atom. The van der Waals surface area contributed by atoms with Crippen LogP contribution in [0.1, 0.15) is 44.2 Å². The highest BCUT2D eigenvalue weighted by molar-refractivity contribution is 5.97. The monoisotopic (exact) mass is 261 g/mol. The van der Waals surface area contributed by atoms with Gasteiger partial charge in [-0.25, -0.2) is 0 Å². The largest absolute Gasteiger partial charge is 0.409 e. The van der Waals surface area contributed by atoms with E-state index in [1.54, 1.807) is 0 Å². The summed E-state index contributed by atoms with van der Waals surface area (Å²) in [6.45, 7) is 5.48. The molecule has 0 spiro atoms. The van der Waals surface area contributed by atoms with Crippen LogP contribution in [-0.4, -0.2) is 28.0 Å². The van der Waals surface area contributed by atoms with Crippen LogP contribution in [0.2, 0.25) is 0 Å². The highest BCUT2D eigenvalue weighted by Gasteiger charge is 2.28. The zero-order valence-corrected chi connectivity index (χ0v) is 11.7. The van der Waals surface area contributed by atoms with Crippen molar-refractivity contribution in [3.05, 3.63) is 35.4 Å².